The Balaban J connectivity index is 1.62. The molecule has 3 atom stereocenters. The minimum atomic E-state index is 0.455. The van der Waals surface area contributed by atoms with Crippen molar-refractivity contribution < 1.29 is 9.47 Å². The lowest BCUT2D eigenvalue weighted by Crippen LogP contribution is -2.66. The lowest BCUT2D eigenvalue weighted by molar-refractivity contribution is -0.152. The van der Waals surface area contributed by atoms with Crippen molar-refractivity contribution in [3.05, 3.63) is 0 Å². The maximum Gasteiger partial charge on any atom is 0.0661 e. The van der Waals surface area contributed by atoms with Crippen LogP contribution in [-0.4, -0.2) is 38.0 Å². The fourth-order valence-corrected chi connectivity index (χ4v) is 4.25. The zero-order valence-electron chi connectivity index (χ0n) is 11.6. The Bertz CT molecular complexity index is 270. The van der Waals surface area contributed by atoms with E-state index in [1.54, 1.807) is 0 Å². The van der Waals surface area contributed by atoms with Crippen LogP contribution in [0.4, 0.5) is 0 Å². The summed E-state index contributed by atoms with van der Waals surface area (Å²) < 4.78 is 11.5. The predicted octanol–water partition coefficient (Wildman–Crippen LogP) is 2.49. The highest BCUT2D eigenvalue weighted by Gasteiger charge is 2.55. The molecule has 1 aliphatic heterocycles. The van der Waals surface area contributed by atoms with E-state index in [0.717, 1.165) is 19.8 Å². The smallest absolute Gasteiger partial charge is 0.0661 e. The molecule has 3 nitrogen and oxygen atoms in total. The van der Waals surface area contributed by atoms with Gasteiger partial charge in [0.1, 0.15) is 0 Å². The molecule has 3 aliphatic rings. The van der Waals surface area contributed by atoms with Crippen LogP contribution in [0.5, 0.6) is 0 Å². The molecule has 18 heavy (non-hydrogen) atoms. The van der Waals surface area contributed by atoms with Gasteiger partial charge in [-0.05, 0) is 32.6 Å². The second kappa shape index (κ2) is 5.48. The average molecular weight is 253 g/mol. The van der Waals surface area contributed by atoms with Gasteiger partial charge in [0, 0.05) is 30.7 Å². The van der Waals surface area contributed by atoms with Gasteiger partial charge in [0.2, 0.25) is 0 Å². The van der Waals surface area contributed by atoms with Crippen molar-refractivity contribution in [3.8, 4) is 0 Å². The van der Waals surface area contributed by atoms with Gasteiger partial charge in [0.25, 0.3) is 0 Å². The van der Waals surface area contributed by atoms with Gasteiger partial charge in [-0.25, -0.2) is 0 Å². The highest BCUT2D eigenvalue weighted by molar-refractivity contribution is 5.09. The fraction of sp³-hybridized carbons (Fsp3) is 1.00. The lowest BCUT2D eigenvalue weighted by Gasteiger charge is -2.58. The van der Waals surface area contributed by atoms with Gasteiger partial charge in [-0.1, -0.05) is 19.3 Å². The predicted molar refractivity (Wildman–Crippen MR) is 71.7 cm³/mol. The zero-order valence-corrected chi connectivity index (χ0v) is 11.6. The molecule has 2 saturated carbocycles. The summed E-state index contributed by atoms with van der Waals surface area (Å²) in [5, 5.41) is 3.86. The number of hydrogen-bond donors (Lipinski definition) is 1. The minimum Gasteiger partial charge on any atom is -0.380 e. The molecular formula is C15H27NO2. The highest BCUT2D eigenvalue weighted by atomic mass is 16.5. The van der Waals surface area contributed by atoms with Crippen LogP contribution in [0.25, 0.3) is 0 Å². The van der Waals surface area contributed by atoms with E-state index in [4.69, 9.17) is 9.47 Å². The van der Waals surface area contributed by atoms with Gasteiger partial charge >= 0.3 is 0 Å². The molecule has 3 heteroatoms. The van der Waals surface area contributed by atoms with E-state index in [1.165, 1.54) is 44.9 Å². The van der Waals surface area contributed by atoms with Gasteiger partial charge in [0.05, 0.1) is 12.7 Å². The summed E-state index contributed by atoms with van der Waals surface area (Å²) in [6.07, 6.45) is 9.84. The molecule has 104 valence electrons. The molecule has 1 spiro atoms. The van der Waals surface area contributed by atoms with Crippen molar-refractivity contribution in [2.75, 3.05) is 19.8 Å². The van der Waals surface area contributed by atoms with Gasteiger partial charge in [0.15, 0.2) is 0 Å². The first kappa shape index (κ1) is 12.9. The standard InChI is InChI=1S/C15H27NO2/c1-2-18-14-10-13(16-12-6-9-17-11-12)15(14)7-4-3-5-8-15/h12-14,16H,2-11H2,1H3. The van der Waals surface area contributed by atoms with Crippen LogP contribution < -0.4 is 5.32 Å². The van der Waals surface area contributed by atoms with E-state index in [2.05, 4.69) is 12.2 Å². The van der Waals surface area contributed by atoms with Gasteiger partial charge < -0.3 is 14.8 Å². The Morgan fingerprint density at radius 1 is 1.28 bits per heavy atom. The summed E-state index contributed by atoms with van der Waals surface area (Å²) >= 11 is 0. The van der Waals surface area contributed by atoms with Crippen LogP contribution in [0.3, 0.4) is 0 Å². The number of rotatable bonds is 4. The molecule has 0 aromatic rings. The first-order valence-electron chi connectivity index (χ1n) is 7.80. The second-order valence-electron chi connectivity index (χ2n) is 6.25. The highest BCUT2D eigenvalue weighted by Crippen LogP contribution is 2.53. The third kappa shape index (κ3) is 2.21. The van der Waals surface area contributed by atoms with E-state index >= 15 is 0 Å². The van der Waals surface area contributed by atoms with Crippen LogP contribution in [0.1, 0.15) is 51.9 Å². The maximum atomic E-state index is 5.99. The van der Waals surface area contributed by atoms with E-state index in [9.17, 15) is 0 Å². The summed E-state index contributed by atoms with van der Waals surface area (Å²) in [6, 6.07) is 1.28. The molecule has 1 N–H and O–H groups in total. The topological polar surface area (TPSA) is 30.5 Å². The van der Waals surface area contributed by atoms with Crippen molar-refractivity contribution in [1.82, 2.24) is 5.32 Å². The molecule has 0 aromatic heterocycles. The summed E-state index contributed by atoms with van der Waals surface area (Å²) in [5.74, 6) is 0. The first-order valence-corrected chi connectivity index (χ1v) is 7.80. The van der Waals surface area contributed by atoms with E-state index < -0.39 is 0 Å². The van der Waals surface area contributed by atoms with Gasteiger partial charge in [-0.15, -0.1) is 0 Å². The van der Waals surface area contributed by atoms with Crippen LogP contribution in [0.2, 0.25) is 0 Å². The maximum absolute atomic E-state index is 5.99. The molecule has 0 radical (unpaired) electrons. The molecule has 1 heterocycles. The molecule has 0 aromatic carbocycles. The van der Waals surface area contributed by atoms with Crippen molar-refractivity contribution in [2.24, 2.45) is 5.41 Å². The Morgan fingerprint density at radius 2 is 2.11 bits per heavy atom. The SMILES string of the molecule is CCOC1CC(NC2CCOC2)C12CCCCC2. The summed E-state index contributed by atoms with van der Waals surface area (Å²) in [4.78, 5) is 0. The molecule has 3 rings (SSSR count). The summed E-state index contributed by atoms with van der Waals surface area (Å²) in [6.45, 7) is 4.84. The van der Waals surface area contributed by atoms with Crippen LogP contribution in [-0.2, 0) is 9.47 Å². The molecule has 3 unspecified atom stereocenters. The van der Waals surface area contributed by atoms with Crippen molar-refractivity contribution in [1.29, 1.82) is 0 Å². The summed E-state index contributed by atoms with van der Waals surface area (Å²) in [7, 11) is 0. The Morgan fingerprint density at radius 3 is 2.78 bits per heavy atom. The van der Waals surface area contributed by atoms with Crippen molar-refractivity contribution in [3.63, 3.8) is 0 Å². The normalized spacial score (nSPS) is 38.8. The molecule has 0 amide bonds. The van der Waals surface area contributed by atoms with Gasteiger partial charge in [-0.2, -0.15) is 0 Å². The number of hydrogen-bond acceptors (Lipinski definition) is 3. The monoisotopic (exact) mass is 253 g/mol. The third-order valence-corrected chi connectivity index (χ3v) is 5.30. The largest absolute Gasteiger partial charge is 0.380 e. The Hall–Kier alpha value is -0.120. The summed E-state index contributed by atoms with van der Waals surface area (Å²) in [5.41, 5.74) is 0.455. The van der Waals surface area contributed by atoms with E-state index in [1.807, 2.05) is 0 Å². The van der Waals surface area contributed by atoms with Crippen LogP contribution in [0.15, 0.2) is 0 Å². The first-order chi connectivity index (χ1) is 8.85. The van der Waals surface area contributed by atoms with Crippen LogP contribution in [0, 0.1) is 5.41 Å². The third-order valence-electron chi connectivity index (χ3n) is 5.30. The quantitative estimate of drug-likeness (QED) is 0.835. The molecule has 3 fully saturated rings. The zero-order chi connectivity index (χ0) is 12.4. The van der Waals surface area contributed by atoms with E-state index in [-0.39, 0.29) is 0 Å². The van der Waals surface area contributed by atoms with Gasteiger partial charge in [-0.3, -0.25) is 0 Å². The Kier molecular flexibility index (Phi) is 3.92. The fourth-order valence-electron chi connectivity index (χ4n) is 4.25. The molecule has 0 bridgehead atoms. The van der Waals surface area contributed by atoms with E-state index in [0.29, 0.717) is 23.6 Å². The lowest BCUT2D eigenvalue weighted by atomic mass is 9.55. The minimum absolute atomic E-state index is 0.455. The average Bonchev–Trinajstić information content (AvgIpc) is 2.92. The van der Waals surface area contributed by atoms with Crippen molar-refractivity contribution in [2.45, 2.75) is 70.1 Å². The Labute approximate surface area is 111 Å². The second-order valence-corrected chi connectivity index (χ2v) is 6.25. The van der Waals surface area contributed by atoms with Crippen molar-refractivity contribution >= 4 is 0 Å². The molecular weight excluding hydrogens is 226 g/mol. The molecule has 2 aliphatic carbocycles. The van der Waals surface area contributed by atoms with Crippen LogP contribution >= 0.6 is 0 Å². The molecule has 1 saturated heterocycles. The number of ether oxygens (including phenoxy) is 2. The number of nitrogens with one attached hydrogen (secondary N) is 1.